The maximum atomic E-state index is 13.1. The zero-order valence-corrected chi connectivity index (χ0v) is 10.0. The third kappa shape index (κ3) is 3.18. The van der Waals surface area contributed by atoms with Gasteiger partial charge in [-0.15, -0.1) is 0 Å². The van der Waals surface area contributed by atoms with Crippen LogP contribution in [0.5, 0.6) is 5.75 Å². The maximum Gasteiger partial charge on any atom is 0.311 e. The predicted molar refractivity (Wildman–Crippen MR) is 64.0 cm³/mol. The second kappa shape index (κ2) is 5.21. The van der Waals surface area contributed by atoms with Gasteiger partial charge in [0.15, 0.2) is 5.75 Å². The van der Waals surface area contributed by atoms with Crippen LogP contribution in [0.25, 0.3) is 0 Å². The van der Waals surface area contributed by atoms with E-state index < -0.39 is 10.7 Å². The Hall–Kier alpha value is -2.18. The van der Waals surface area contributed by atoms with Gasteiger partial charge in [-0.2, -0.15) is 0 Å². The van der Waals surface area contributed by atoms with Gasteiger partial charge >= 0.3 is 5.69 Å². The van der Waals surface area contributed by atoms with Gasteiger partial charge < -0.3 is 10.5 Å². The highest BCUT2D eigenvalue weighted by molar-refractivity contribution is 5.74. The van der Waals surface area contributed by atoms with Crippen LogP contribution in [0.1, 0.15) is 19.3 Å². The molecule has 7 heteroatoms. The third-order valence-corrected chi connectivity index (χ3v) is 3.09. The first kappa shape index (κ1) is 13.3. The van der Waals surface area contributed by atoms with Crippen molar-refractivity contribution in [2.24, 2.45) is 11.7 Å². The second-order valence-electron chi connectivity index (χ2n) is 4.62. The number of halogens is 1. The summed E-state index contributed by atoms with van der Waals surface area (Å²) in [5, 5.41) is 10.8. The molecule has 1 aromatic carbocycles. The van der Waals surface area contributed by atoms with Crippen molar-refractivity contribution in [3.63, 3.8) is 0 Å². The number of amides is 1. The van der Waals surface area contributed by atoms with Crippen LogP contribution in [0.3, 0.4) is 0 Å². The van der Waals surface area contributed by atoms with Crippen molar-refractivity contribution < 1.29 is 18.8 Å². The summed E-state index contributed by atoms with van der Waals surface area (Å²) in [7, 11) is 0. The molecule has 0 spiro atoms. The number of hydrogen-bond acceptors (Lipinski definition) is 4. The number of nitrogens with zero attached hydrogens (tertiary/aromatic N) is 1. The second-order valence-corrected chi connectivity index (χ2v) is 4.62. The Morgan fingerprint density at radius 1 is 1.53 bits per heavy atom. The molecule has 0 saturated heterocycles. The van der Waals surface area contributed by atoms with E-state index in [0.717, 1.165) is 18.2 Å². The van der Waals surface area contributed by atoms with Crippen molar-refractivity contribution in [1.29, 1.82) is 0 Å². The average Bonchev–Trinajstić information content (AvgIpc) is 2.25. The molecule has 0 radical (unpaired) electrons. The minimum absolute atomic E-state index is 0.0764. The average molecular weight is 268 g/mol. The Morgan fingerprint density at radius 3 is 2.79 bits per heavy atom. The standard InChI is InChI=1S/C12H13FN2O4/c13-8-1-2-10(15(17)18)11(6-8)19-9-3-7(4-9)5-12(14)16/h1-2,6-7,9H,3-5H2,(H2,14,16). The molecule has 19 heavy (non-hydrogen) atoms. The molecular formula is C12H13FN2O4. The molecule has 1 aromatic rings. The van der Waals surface area contributed by atoms with E-state index in [1.165, 1.54) is 0 Å². The summed E-state index contributed by atoms with van der Waals surface area (Å²) >= 11 is 0. The fourth-order valence-corrected chi connectivity index (χ4v) is 2.13. The molecule has 1 aliphatic carbocycles. The molecule has 0 aromatic heterocycles. The van der Waals surface area contributed by atoms with Gasteiger partial charge in [-0.1, -0.05) is 0 Å². The lowest BCUT2D eigenvalue weighted by Gasteiger charge is -2.34. The van der Waals surface area contributed by atoms with Gasteiger partial charge in [0.05, 0.1) is 11.0 Å². The number of nitro groups is 1. The fraction of sp³-hybridized carbons (Fsp3) is 0.417. The van der Waals surface area contributed by atoms with Crippen LogP contribution in [0.15, 0.2) is 18.2 Å². The molecule has 0 atom stereocenters. The molecule has 2 N–H and O–H groups in total. The van der Waals surface area contributed by atoms with Crippen LogP contribution in [0.2, 0.25) is 0 Å². The van der Waals surface area contributed by atoms with Gasteiger partial charge in [0.1, 0.15) is 5.82 Å². The van der Waals surface area contributed by atoms with Crippen LogP contribution in [-0.2, 0) is 4.79 Å². The van der Waals surface area contributed by atoms with Crippen molar-refractivity contribution in [3.05, 3.63) is 34.1 Å². The van der Waals surface area contributed by atoms with Gasteiger partial charge in [0, 0.05) is 18.6 Å². The number of rotatable bonds is 5. The lowest BCUT2D eigenvalue weighted by atomic mass is 9.80. The first-order chi connectivity index (χ1) is 8.95. The highest BCUT2D eigenvalue weighted by atomic mass is 19.1. The topological polar surface area (TPSA) is 95.5 Å². The first-order valence-corrected chi connectivity index (χ1v) is 5.84. The van der Waals surface area contributed by atoms with Crippen molar-refractivity contribution in [1.82, 2.24) is 0 Å². The van der Waals surface area contributed by atoms with E-state index in [2.05, 4.69) is 0 Å². The first-order valence-electron chi connectivity index (χ1n) is 5.84. The molecule has 2 rings (SSSR count). The van der Waals surface area contributed by atoms with Crippen molar-refractivity contribution in [2.75, 3.05) is 0 Å². The molecule has 6 nitrogen and oxygen atoms in total. The molecule has 1 aliphatic rings. The lowest BCUT2D eigenvalue weighted by Crippen LogP contribution is -2.36. The molecule has 0 heterocycles. The number of primary amides is 1. The summed E-state index contributed by atoms with van der Waals surface area (Å²) in [6, 6.07) is 3.09. The normalized spacial score (nSPS) is 21.5. The summed E-state index contributed by atoms with van der Waals surface area (Å²) in [6.07, 6.45) is 1.24. The highest BCUT2D eigenvalue weighted by Gasteiger charge is 2.33. The van der Waals surface area contributed by atoms with Crippen LogP contribution >= 0.6 is 0 Å². The Bertz CT molecular complexity index is 514. The number of carbonyl (C=O) groups is 1. The number of carbonyl (C=O) groups excluding carboxylic acids is 1. The Labute approximate surface area is 108 Å². The number of nitro benzene ring substituents is 1. The van der Waals surface area contributed by atoms with E-state index in [0.29, 0.717) is 12.8 Å². The summed E-state index contributed by atoms with van der Waals surface area (Å²) in [4.78, 5) is 20.9. The predicted octanol–water partition coefficient (Wildman–Crippen LogP) is 1.77. The minimum Gasteiger partial charge on any atom is -0.483 e. The zero-order valence-electron chi connectivity index (χ0n) is 10.0. The van der Waals surface area contributed by atoms with E-state index in [1.807, 2.05) is 0 Å². The Kier molecular flexibility index (Phi) is 3.64. The Balaban J connectivity index is 1.99. The summed E-state index contributed by atoms with van der Waals surface area (Å²) in [5.41, 5.74) is 4.80. The largest absolute Gasteiger partial charge is 0.483 e. The fourth-order valence-electron chi connectivity index (χ4n) is 2.13. The van der Waals surface area contributed by atoms with Crippen LogP contribution < -0.4 is 10.5 Å². The van der Waals surface area contributed by atoms with E-state index in [4.69, 9.17) is 10.5 Å². The smallest absolute Gasteiger partial charge is 0.311 e. The molecule has 1 saturated carbocycles. The van der Waals surface area contributed by atoms with Gasteiger partial charge in [-0.3, -0.25) is 14.9 Å². The minimum atomic E-state index is -0.617. The number of benzene rings is 1. The van der Waals surface area contributed by atoms with E-state index in [-0.39, 0.29) is 35.8 Å². The molecule has 102 valence electrons. The SMILES string of the molecule is NC(=O)CC1CC(Oc2cc(F)ccc2[N+](=O)[O-])C1. The molecule has 1 amide bonds. The molecule has 0 bridgehead atoms. The third-order valence-electron chi connectivity index (χ3n) is 3.09. The van der Waals surface area contributed by atoms with Gasteiger partial charge in [-0.05, 0) is 24.8 Å². The van der Waals surface area contributed by atoms with Crippen LogP contribution in [0.4, 0.5) is 10.1 Å². The highest BCUT2D eigenvalue weighted by Crippen LogP contribution is 2.36. The van der Waals surface area contributed by atoms with E-state index in [1.54, 1.807) is 0 Å². The maximum absolute atomic E-state index is 13.1. The molecule has 0 unspecified atom stereocenters. The summed E-state index contributed by atoms with van der Waals surface area (Å²) in [6.45, 7) is 0. The zero-order chi connectivity index (χ0) is 14.0. The molecule has 1 fully saturated rings. The monoisotopic (exact) mass is 268 g/mol. The van der Waals surface area contributed by atoms with Crippen LogP contribution in [-0.4, -0.2) is 16.9 Å². The van der Waals surface area contributed by atoms with Gasteiger partial charge in [0.2, 0.25) is 5.91 Å². The molecule has 0 aliphatic heterocycles. The Morgan fingerprint density at radius 2 is 2.21 bits per heavy atom. The van der Waals surface area contributed by atoms with Crippen molar-refractivity contribution >= 4 is 11.6 Å². The molecular weight excluding hydrogens is 255 g/mol. The van der Waals surface area contributed by atoms with Crippen LogP contribution in [0, 0.1) is 21.8 Å². The quantitative estimate of drug-likeness (QED) is 0.650. The van der Waals surface area contributed by atoms with E-state index in [9.17, 15) is 19.3 Å². The number of nitrogens with two attached hydrogens (primary N) is 1. The summed E-state index contributed by atoms with van der Waals surface area (Å²) in [5.74, 6) is -0.892. The van der Waals surface area contributed by atoms with E-state index >= 15 is 0 Å². The number of hydrogen-bond donors (Lipinski definition) is 1. The lowest BCUT2D eigenvalue weighted by molar-refractivity contribution is -0.386. The summed E-state index contributed by atoms with van der Waals surface area (Å²) < 4.78 is 18.5. The number of ether oxygens (including phenoxy) is 1. The van der Waals surface area contributed by atoms with Gasteiger partial charge in [0.25, 0.3) is 0 Å². The van der Waals surface area contributed by atoms with Gasteiger partial charge in [-0.25, -0.2) is 4.39 Å². The van der Waals surface area contributed by atoms with Crippen molar-refractivity contribution in [3.8, 4) is 5.75 Å². The van der Waals surface area contributed by atoms with Crippen molar-refractivity contribution in [2.45, 2.75) is 25.4 Å².